The van der Waals surface area contributed by atoms with Gasteiger partial charge in [0.1, 0.15) is 5.71 Å². The third-order valence-electron chi connectivity index (χ3n) is 1.36. The van der Waals surface area contributed by atoms with Crippen molar-refractivity contribution in [3.63, 3.8) is 0 Å². The second kappa shape index (κ2) is 8.92. The molecule has 0 aliphatic carbocycles. The number of carbonyl (C=O) groups is 1. The van der Waals surface area contributed by atoms with Crippen LogP contribution in [0.15, 0.2) is 5.16 Å². The molecule has 0 saturated carbocycles. The van der Waals surface area contributed by atoms with Crippen LogP contribution in [0.3, 0.4) is 0 Å². The molecule has 0 radical (unpaired) electrons. The van der Waals surface area contributed by atoms with E-state index in [1.165, 1.54) is 0 Å². The molecule has 14 heavy (non-hydrogen) atoms. The number of nitro groups is 1. The molecule has 7 nitrogen and oxygen atoms in total. The van der Waals surface area contributed by atoms with Gasteiger partial charge in [-0.25, -0.2) is 0 Å². The van der Waals surface area contributed by atoms with Crippen molar-refractivity contribution in [2.75, 3.05) is 6.54 Å². The predicted molar refractivity (Wildman–Crippen MR) is 39.9 cm³/mol. The molecule has 0 aromatic rings. The Bertz CT molecular complexity index is 230. The number of nitrogens with zero attached hydrogens (tertiary/aromatic N) is 2. The largest absolute Gasteiger partial charge is 1.00 e. The molecule has 0 heterocycles. The summed E-state index contributed by atoms with van der Waals surface area (Å²) in [6, 6.07) is 0. The van der Waals surface area contributed by atoms with Crippen LogP contribution in [-0.2, 0) is 4.79 Å². The molecular formula is C6H9N2NaO5. The first-order chi connectivity index (χ1) is 6.07. The van der Waals surface area contributed by atoms with Crippen molar-refractivity contribution in [3.05, 3.63) is 10.1 Å². The molecular weight excluding hydrogens is 203 g/mol. The minimum atomic E-state index is -1.55. The molecule has 0 fully saturated rings. The number of carboxylic acid groups (broad SMARTS) is 1. The summed E-state index contributed by atoms with van der Waals surface area (Å²) >= 11 is 0. The fourth-order valence-electron chi connectivity index (χ4n) is 0.726. The Morgan fingerprint density at radius 3 is 2.36 bits per heavy atom. The molecule has 0 unspecified atom stereocenters. The van der Waals surface area contributed by atoms with Gasteiger partial charge in [-0.15, -0.1) is 0 Å². The van der Waals surface area contributed by atoms with Crippen molar-refractivity contribution in [3.8, 4) is 0 Å². The minimum absolute atomic E-state index is 0. The topological polar surface area (TPSA) is 116 Å². The number of hydrogen-bond acceptors (Lipinski definition) is 6. The van der Waals surface area contributed by atoms with Gasteiger partial charge in [0.05, 0.1) is 5.97 Å². The monoisotopic (exact) mass is 212 g/mol. The van der Waals surface area contributed by atoms with E-state index in [2.05, 4.69) is 5.16 Å². The van der Waals surface area contributed by atoms with Gasteiger partial charge in [0.2, 0.25) is 6.54 Å². The van der Waals surface area contributed by atoms with Gasteiger partial charge in [0, 0.05) is 11.3 Å². The normalized spacial score (nSPS) is 10.4. The Labute approximate surface area is 102 Å². The zero-order valence-electron chi connectivity index (χ0n) is 7.80. The second-order valence-electron chi connectivity index (χ2n) is 2.35. The number of carboxylic acids is 1. The molecule has 0 amide bonds. The Balaban J connectivity index is 0. The van der Waals surface area contributed by atoms with Crippen LogP contribution in [-0.4, -0.2) is 28.4 Å². The molecule has 0 saturated heterocycles. The first-order valence-corrected chi connectivity index (χ1v) is 3.62. The second-order valence-corrected chi connectivity index (χ2v) is 2.35. The maximum absolute atomic E-state index is 10.1. The van der Waals surface area contributed by atoms with E-state index < -0.39 is 16.6 Å². The van der Waals surface area contributed by atoms with Crippen LogP contribution in [0, 0.1) is 10.1 Å². The molecule has 8 heteroatoms. The molecule has 0 aromatic heterocycles. The summed E-state index contributed by atoms with van der Waals surface area (Å²) in [7, 11) is 0. The molecule has 74 valence electrons. The molecule has 0 bridgehead atoms. The number of aliphatic carboxylic acids is 1. The first kappa shape index (κ1) is 15.8. The van der Waals surface area contributed by atoms with E-state index in [1.54, 1.807) is 0 Å². The van der Waals surface area contributed by atoms with Gasteiger partial charge in [0.15, 0.2) is 0 Å². The van der Waals surface area contributed by atoms with E-state index in [4.69, 9.17) is 5.21 Å². The van der Waals surface area contributed by atoms with Gasteiger partial charge in [-0.2, -0.15) is 0 Å². The maximum Gasteiger partial charge on any atom is 1.00 e. The average Bonchev–Trinajstić information content (AvgIpc) is 2.03. The van der Waals surface area contributed by atoms with E-state index >= 15 is 0 Å². The van der Waals surface area contributed by atoms with Crippen LogP contribution in [0.4, 0.5) is 0 Å². The van der Waals surface area contributed by atoms with Gasteiger partial charge in [-0.1, -0.05) is 5.16 Å². The van der Waals surface area contributed by atoms with Crippen molar-refractivity contribution in [2.45, 2.75) is 19.3 Å². The van der Waals surface area contributed by atoms with Gasteiger partial charge >= 0.3 is 29.6 Å². The molecule has 1 N–H and O–H groups in total. The van der Waals surface area contributed by atoms with Gasteiger partial charge in [0.25, 0.3) is 0 Å². The summed E-state index contributed by atoms with van der Waals surface area (Å²) in [6.45, 7) is -0.217. The molecule has 0 spiro atoms. The van der Waals surface area contributed by atoms with Gasteiger partial charge < -0.3 is 15.1 Å². The predicted octanol–water partition coefficient (Wildman–Crippen LogP) is -3.98. The zero-order valence-corrected chi connectivity index (χ0v) is 9.80. The van der Waals surface area contributed by atoms with E-state index in [0.717, 1.165) is 0 Å². The van der Waals surface area contributed by atoms with Crippen LogP contribution < -0.4 is 34.7 Å². The van der Waals surface area contributed by atoms with Crippen LogP contribution in [0.25, 0.3) is 0 Å². The number of carbonyl (C=O) groups excluding carboxylic acids is 1. The Hall–Kier alpha value is -0.660. The average molecular weight is 212 g/mol. The van der Waals surface area contributed by atoms with Crippen molar-refractivity contribution in [1.82, 2.24) is 0 Å². The van der Waals surface area contributed by atoms with Crippen LogP contribution in [0.5, 0.6) is 0 Å². The smallest absolute Gasteiger partial charge is 0.543 e. The summed E-state index contributed by atoms with van der Waals surface area (Å²) in [5.74, 6) is -1.55. The number of hydrogen-bond donors (Lipinski definition) is 1. The fraction of sp³-hybridized carbons (Fsp3) is 0.667. The summed E-state index contributed by atoms with van der Waals surface area (Å²) in [5.41, 5.74) is -0.483. The van der Waals surface area contributed by atoms with E-state index in [1.807, 2.05) is 0 Å². The van der Waals surface area contributed by atoms with Gasteiger partial charge in [-0.05, 0) is 12.8 Å². The van der Waals surface area contributed by atoms with E-state index in [9.17, 15) is 20.0 Å². The molecule has 0 atom stereocenters. The van der Waals surface area contributed by atoms with E-state index in [-0.39, 0.29) is 55.4 Å². The summed E-state index contributed by atoms with van der Waals surface area (Å²) in [4.78, 5) is 19.5. The fourth-order valence-corrected chi connectivity index (χ4v) is 0.726. The molecule has 0 aromatic carbocycles. The van der Waals surface area contributed by atoms with Crippen LogP contribution in [0.1, 0.15) is 19.3 Å². The number of oxime groups is 1. The third-order valence-corrected chi connectivity index (χ3v) is 1.36. The number of rotatable bonds is 6. The Kier molecular flexibility index (Phi) is 10.1. The maximum atomic E-state index is 10.1. The van der Waals surface area contributed by atoms with Gasteiger partial charge in [-0.3, -0.25) is 10.1 Å². The summed E-state index contributed by atoms with van der Waals surface area (Å²) < 4.78 is 0. The third kappa shape index (κ3) is 7.96. The first-order valence-electron chi connectivity index (χ1n) is 3.62. The summed E-state index contributed by atoms with van der Waals surface area (Å²) in [5, 5.41) is 30.6. The Morgan fingerprint density at radius 1 is 1.43 bits per heavy atom. The molecule has 0 rings (SSSR count). The minimum Gasteiger partial charge on any atom is -0.543 e. The van der Waals surface area contributed by atoms with Crippen molar-refractivity contribution >= 4 is 11.7 Å². The van der Waals surface area contributed by atoms with Crippen LogP contribution >= 0.6 is 0 Å². The molecule has 0 aliphatic rings. The zero-order chi connectivity index (χ0) is 10.3. The SMILES string of the molecule is O=C([O-])C(CCCC[N+](=O)[O-])=NO.[Na+]. The number of unbranched alkanes of at least 4 members (excludes halogenated alkanes) is 1. The van der Waals surface area contributed by atoms with Crippen molar-refractivity contribution in [1.29, 1.82) is 0 Å². The Morgan fingerprint density at radius 2 is 2.00 bits per heavy atom. The van der Waals surface area contributed by atoms with Crippen molar-refractivity contribution in [2.24, 2.45) is 5.16 Å². The summed E-state index contributed by atoms with van der Waals surface area (Å²) in [6.07, 6.45) is 0.514. The standard InChI is InChI=1S/C6H10N2O5.Na/c9-6(10)5(7-11)3-1-2-4-8(12)13;/h11H,1-4H2,(H,9,10);/q;+1/p-1. The van der Waals surface area contributed by atoms with E-state index in [0.29, 0.717) is 0 Å². The van der Waals surface area contributed by atoms with Crippen molar-refractivity contribution < 1.29 is 49.6 Å². The quantitative estimate of drug-likeness (QED) is 0.120. The molecule has 0 aliphatic heterocycles. The van der Waals surface area contributed by atoms with Crippen LogP contribution in [0.2, 0.25) is 0 Å².